The Bertz CT molecular complexity index is 415. The zero-order valence-corrected chi connectivity index (χ0v) is 11.3. The third-order valence-corrected chi connectivity index (χ3v) is 3.08. The van der Waals surface area contributed by atoms with Gasteiger partial charge >= 0.3 is 0 Å². The molecule has 2 N–H and O–H groups in total. The SMILES string of the molecule is CCNC(=O)c1ccc(NC2CC(OCC)C2)nn1. The Morgan fingerprint density at radius 2 is 2.16 bits per heavy atom. The minimum atomic E-state index is -0.193. The van der Waals surface area contributed by atoms with Crippen LogP contribution in [0.5, 0.6) is 0 Å². The normalized spacial score (nSPS) is 21.6. The van der Waals surface area contributed by atoms with Crippen LogP contribution in [0.4, 0.5) is 5.82 Å². The van der Waals surface area contributed by atoms with Gasteiger partial charge in [0.15, 0.2) is 5.69 Å². The zero-order chi connectivity index (χ0) is 13.7. The van der Waals surface area contributed by atoms with Crippen molar-refractivity contribution in [1.82, 2.24) is 15.5 Å². The van der Waals surface area contributed by atoms with Gasteiger partial charge < -0.3 is 15.4 Å². The predicted octanol–water partition coefficient (Wildman–Crippen LogP) is 1.21. The molecule has 1 aliphatic rings. The van der Waals surface area contributed by atoms with Crippen molar-refractivity contribution in [2.45, 2.75) is 38.8 Å². The van der Waals surface area contributed by atoms with Crippen LogP contribution in [0.15, 0.2) is 12.1 Å². The van der Waals surface area contributed by atoms with Crippen molar-refractivity contribution < 1.29 is 9.53 Å². The fraction of sp³-hybridized carbons (Fsp3) is 0.615. The summed E-state index contributed by atoms with van der Waals surface area (Å²) in [5.74, 6) is 0.509. The number of amides is 1. The third-order valence-electron chi connectivity index (χ3n) is 3.08. The van der Waals surface area contributed by atoms with E-state index < -0.39 is 0 Å². The highest BCUT2D eigenvalue weighted by Gasteiger charge is 2.29. The molecule has 0 saturated heterocycles. The number of rotatable bonds is 6. The van der Waals surface area contributed by atoms with Crippen molar-refractivity contribution in [1.29, 1.82) is 0 Å². The van der Waals surface area contributed by atoms with Crippen molar-refractivity contribution >= 4 is 11.7 Å². The summed E-state index contributed by atoms with van der Waals surface area (Å²) in [6.07, 6.45) is 2.35. The van der Waals surface area contributed by atoms with Gasteiger partial charge in [0, 0.05) is 19.2 Å². The molecule has 1 amide bonds. The van der Waals surface area contributed by atoms with Crippen molar-refractivity contribution in [3.05, 3.63) is 17.8 Å². The monoisotopic (exact) mass is 264 g/mol. The molecule has 0 aliphatic heterocycles. The van der Waals surface area contributed by atoms with E-state index in [1.807, 2.05) is 13.8 Å². The smallest absolute Gasteiger partial charge is 0.271 e. The number of nitrogens with one attached hydrogen (secondary N) is 2. The first kappa shape index (κ1) is 13.7. The summed E-state index contributed by atoms with van der Waals surface area (Å²) >= 11 is 0. The molecule has 19 heavy (non-hydrogen) atoms. The summed E-state index contributed by atoms with van der Waals surface area (Å²) in [6, 6.07) is 3.85. The summed E-state index contributed by atoms with van der Waals surface area (Å²) in [5.41, 5.74) is 0.341. The zero-order valence-electron chi connectivity index (χ0n) is 11.3. The molecule has 6 nitrogen and oxygen atoms in total. The molecule has 1 fully saturated rings. The molecule has 0 atom stereocenters. The largest absolute Gasteiger partial charge is 0.378 e. The molecule has 2 rings (SSSR count). The molecule has 104 valence electrons. The highest BCUT2D eigenvalue weighted by atomic mass is 16.5. The van der Waals surface area contributed by atoms with E-state index in [-0.39, 0.29) is 5.91 Å². The molecule has 6 heteroatoms. The molecule has 0 unspecified atom stereocenters. The van der Waals surface area contributed by atoms with Gasteiger partial charge in [0.05, 0.1) is 6.10 Å². The molecule has 0 radical (unpaired) electrons. The molecule has 1 aromatic heterocycles. The van der Waals surface area contributed by atoms with Gasteiger partial charge in [0.1, 0.15) is 5.82 Å². The maximum atomic E-state index is 11.5. The first-order valence-corrected chi connectivity index (χ1v) is 6.73. The number of nitrogens with zero attached hydrogens (tertiary/aromatic N) is 2. The number of anilines is 1. The molecule has 0 bridgehead atoms. The van der Waals surface area contributed by atoms with Crippen LogP contribution in [0.3, 0.4) is 0 Å². The lowest BCUT2D eigenvalue weighted by Crippen LogP contribution is -2.41. The number of carbonyl (C=O) groups excluding carboxylic acids is 1. The molecule has 0 aromatic carbocycles. The Balaban J connectivity index is 1.81. The lowest BCUT2D eigenvalue weighted by Gasteiger charge is -2.35. The van der Waals surface area contributed by atoms with E-state index in [1.165, 1.54) is 0 Å². The van der Waals surface area contributed by atoms with E-state index >= 15 is 0 Å². The van der Waals surface area contributed by atoms with Crippen LogP contribution in [0.1, 0.15) is 37.2 Å². The van der Waals surface area contributed by atoms with Crippen molar-refractivity contribution in [3.8, 4) is 0 Å². The summed E-state index contributed by atoms with van der Waals surface area (Å²) in [6.45, 7) is 5.22. The fourth-order valence-electron chi connectivity index (χ4n) is 2.05. The number of aromatic nitrogens is 2. The second-order valence-electron chi connectivity index (χ2n) is 4.55. The Kier molecular flexibility index (Phi) is 4.68. The Morgan fingerprint density at radius 1 is 1.37 bits per heavy atom. The van der Waals surface area contributed by atoms with E-state index in [1.54, 1.807) is 12.1 Å². The van der Waals surface area contributed by atoms with Gasteiger partial charge in [-0.15, -0.1) is 10.2 Å². The number of hydrogen-bond donors (Lipinski definition) is 2. The number of ether oxygens (including phenoxy) is 1. The Morgan fingerprint density at radius 3 is 2.74 bits per heavy atom. The molecule has 0 spiro atoms. The lowest BCUT2D eigenvalue weighted by atomic mass is 9.89. The van der Waals surface area contributed by atoms with E-state index in [0.717, 1.165) is 19.4 Å². The van der Waals surface area contributed by atoms with E-state index in [0.29, 0.717) is 30.2 Å². The van der Waals surface area contributed by atoms with Crippen LogP contribution < -0.4 is 10.6 Å². The molecular weight excluding hydrogens is 244 g/mol. The van der Waals surface area contributed by atoms with Gasteiger partial charge in [0.2, 0.25) is 0 Å². The minimum Gasteiger partial charge on any atom is -0.378 e. The molecule has 1 aliphatic carbocycles. The van der Waals surface area contributed by atoms with Gasteiger partial charge in [-0.05, 0) is 38.8 Å². The van der Waals surface area contributed by atoms with Crippen molar-refractivity contribution in [2.24, 2.45) is 0 Å². The van der Waals surface area contributed by atoms with E-state index in [4.69, 9.17) is 4.74 Å². The van der Waals surface area contributed by atoms with Crippen LogP contribution >= 0.6 is 0 Å². The third kappa shape index (κ3) is 3.64. The maximum Gasteiger partial charge on any atom is 0.271 e. The van der Waals surface area contributed by atoms with Crippen LogP contribution in [0.2, 0.25) is 0 Å². The van der Waals surface area contributed by atoms with Crippen LogP contribution in [0, 0.1) is 0 Å². The summed E-state index contributed by atoms with van der Waals surface area (Å²) in [7, 11) is 0. The number of hydrogen-bond acceptors (Lipinski definition) is 5. The average molecular weight is 264 g/mol. The summed E-state index contributed by atoms with van der Waals surface area (Å²) in [5, 5.41) is 13.9. The van der Waals surface area contributed by atoms with Gasteiger partial charge in [-0.25, -0.2) is 0 Å². The Labute approximate surface area is 112 Å². The lowest BCUT2D eigenvalue weighted by molar-refractivity contribution is 0.00291. The number of carbonyl (C=O) groups is 1. The molecular formula is C13H20N4O2. The first-order valence-electron chi connectivity index (χ1n) is 6.73. The van der Waals surface area contributed by atoms with Crippen LogP contribution in [0.25, 0.3) is 0 Å². The van der Waals surface area contributed by atoms with Crippen LogP contribution in [-0.2, 0) is 4.74 Å². The second-order valence-corrected chi connectivity index (χ2v) is 4.55. The van der Waals surface area contributed by atoms with E-state index in [2.05, 4.69) is 20.8 Å². The average Bonchev–Trinajstić information content (AvgIpc) is 2.37. The summed E-state index contributed by atoms with van der Waals surface area (Å²) in [4.78, 5) is 11.5. The highest BCUT2D eigenvalue weighted by Crippen LogP contribution is 2.25. The quantitative estimate of drug-likeness (QED) is 0.807. The predicted molar refractivity (Wildman–Crippen MR) is 72.1 cm³/mol. The second kappa shape index (κ2) is 6.47. The van der Waals surface area contributed by atoms with Gasteiger partial charge in [-0.1, -0.05) is 0 Å². The molecule has 1 heterocycles. The topological polar surface area (TPSA) is 76.1 Å². The van der Waals surface area contributed by atoms with Gasteiger partial charge in [-0.3, -0.25) is 4.79 Å². The van der Waals surface area contributed by atoms with Crippen molar-refractivity contribution in [3.63, 3.8) is 0 Å². The van der Waals surface area contributed by atoms with Gasteiger partial charge in [-0.2, -0.15) is 0 Å². The van der Waals surface area contributed by atoms with Crippen LogP contribution in [-0.4, -0.2) is 41.4 Å². The maximum absolute atomic E-state index is 11.5. The minimum absolute atomic E-state index is 0.193. The summed E-state index contributed by atoms with van der Waals surface area (Å²) < 4.78 is 5.49. The van der Waals surface area contributed by atoms with Gasteiger partial charge in [0.25, 0.3) is 5.91 Å². The molecule has 1 aromatic rings. The molecule has 1 saturated carbocycles. The fourth-order valence-corrected chi connectivity index (χ4v) is 2.05. The highest BCUT2D eigenvalue weighted by molar-refractivity contribution is 5.92. The Hall–Kier alpha value is -1.69. The van der Waals surface area contributed by atoms with E-state index in [9.17, 15) is 4.79 Å². The van der Waals surface area contributed by atoms with Crippen molar-refractivity contribution in [2.75, 3.05) is 18.5 Å². The first-order chi connectivity index (χ1) is 9.22. The standard InChI is InChI=1S/C13H20N4O2/c1-3-14-13(18)11-5-6-12(17-16-11)15-9-7-10(8-9)19-4-2/h5-6,9-10H,3-4,7-8H2,1-2H3,(H,14,18)(H,15,17).